The van der Waals surface area contributed by atoms with Gasteiger partial charge in [-0.2, -0.15) is 0 Å². The number of methoxy groups -OCH3 is 1. The topological polar surface area (TPSA) is 58.6 Å². The summed E-state index contributed by atoms with van der Waals surface area (Å²) in [6, 6.07) is 9.68. The van der Waals surface area contributed by atoms with Crippen molar-refractivity contribution in [2.45, 2.75) is 6.92 Å². The summed E-state index contributed by atoms with van der Waals surface area (Å²) in [7, 11) is 1.51. The van der Waals surface area contributed by atoms with E-state index >= 15 is 0 Å². The van der Waals surface area contributed by atoms with Crippen molar-refractivity contribution in [2.75, 3.05) is 25.5 Å². The lowest BCUT2D eigenvalue weighted by Gasteiger charge is -2.20. The number of amides is 2. The first-order valence-corrected chi connectivity index (χ1v) is 7.62. The van der Waals surface area contributed by atoms with Crippen molar-refractivity contribution in [3.8, 4) is 5.75 Å². The number of anilines is 1. The molecular weight excluding hydrogens is 330 g/mol. The Morgan fingerprint density at radius 2 is 1.88 bits per heavy atom. The van der Waals surface area contributed by atoms with Gasteiger partial charge in [-0.05, 0) is 37.3 Å². The number of nitrogens with zero attached hydrogens (tertiary/aromatic N) is 1. The summed E-state index contributed by atoms with van der Waals surface area (Å²) < 4.78 is 31.4. The Morgan fingerprint density at radius 3 is 2.52 bits per heavy atom. The van der Waals surface area contributed by atoms with Gasteiger partial charge in [-0.15, -0.1) is 0 Å². The van der Waals surface area contributed by atoms with Crippen molar-refractivity contribution in [3.63, 3.8) is 0 Å². The molecule has 1 N–H and O–H groups in total. The molecule has 5 nitrogen and oxygen atoms in total. The Labute approximate surface area is 144 Å². The lowest BCUT2D eigenvalue weighted by Crippen LogP contribution is -2.37. The van der Waals surface area contributed by atoms with Gasteiger partial charge in [-0.25, -0.2) is 8.78 Å². The van der Waals surface area contributed by atoms with Crippen molar-refractivity contribution >= 4 is 17.5 Å². The Hall–Kier alpha value is -2.96. The molecule has 25 heavy (non-hydrogen) atoms. The molecule has 0 fully saturated rings. The normalized spacial score (nSPS) is 10.2. The van der Waals surface area contributed by atoms with Crippen LogP contribution in [0.2, 0.25) is 0 Å². The van der Waals surface area contributed by atoms with Crippen molar-refractivity contribution < 1.29 is 23.1 Å². The molecule has 0 bridgehead atoms. The van der Waals surface area contributed by atoms with Crippen LogP contribution in [0.3, 0.4) is 0 Å². The predicted octanol–water partition coefficient (Wildman–Crippen LogP) is 3.07. The monoisotopic (exact) mass is 348 g/mol. The van der Waals surface area contributed by atoms with Crippen LogP contribution in [0.4, 0.5) is 14.5 Å². The highest BCUT2D eigenvalue weighted by atomic mass is 19.2. The molecular formula is C18H18F2N2O3. The molecule has 2 amide bonds. The van der Waals surface area contributed by atoms with Gasteiger partial charge in [0.1, 0.15) is 12.3 Å². The number of hydrogen-bond acceptors (Lipinski definition) is 3. The van der Waals surface area contributed by atoms with E-state index in [-0.39, 0.29) is 18.7 Å². The van der Waals surface area contributed by atoms with Crippen molar-refractivity contribution in [2.24, 2.45) is 0 Å². The molecule has 7 heteroatoms. The Morgan fingerprint density at radius 1 is 1.12 bits per heavy atom. The van der Waals surface area contributed by atoms with Gasteiger partial charge in [-0.1, -0.05) is 6.07 Å². The van der Waals surface area contributed by atoms with E-state index in [9.17, 15) is 18.4 Å². The van der Waals surface area contributed by atoms with E-state index in [0.717, 1.165) is 12.1 Å². The Balaban J connectivity index is 2.05. The van der Waals surface area contributed by atoms with Crippen LogP contribution in [0.1, 0.15) is 17.3 Å². The van der Waals surface area contributed by atoms with Crippen LogP contribution < -0.4 is 10.1 Å². The van der Waals surface area contributed by atoms with E-state index in [0.29, 0.717) is 11.4 Å². The molecule has 0 spiro atoms. The molecule has 0 heterocycles. The van der Waals surface area contributed by atoms with Crippen LogP contribution in [0.25, 0.3) is 0 Å². The molecule has 2 rings (SSSR count). The maximum absolute atomic E-state index is 13.3. The quantitative estimate of drug-likeness (QED) is 0.873. The van der Waals surface area contributed by atoms with E-state index < -0.39 is 23.4 Å². The summed E-state index contributed by atoms with van der Waals surface area (Å²) in [5.74, 6) is -2.52. The number of hydrogen-bond donors (Lipinski definition) is 1. The zero-order valence-electron chi connectivity index (χ0n) is 13.9. The van der Waals surface area contributed by atoms with Gasteiger partial charge in [0.2, 0.25) is 5.91 Å². The standard InChI is InChI=1S/C18H18F2N2O3/c1-3-22(18(24)12-7-8-15(19)16(20)9-12)11-17(23)21-13-5-4-6-14(10-13)25-2/h4-10H,3,11H2,1-2H3,(H,21,23). The minimum absolute atomic E-state index is 0.0186. The van der Waals surface area contributed by atoms with E-state index in [1.807, 2.05) is 0 Å². The molecule has 0 saturated heterocycles. The third-order valence-electron chi connectivity index (χ3n) is 3.52. The molecule has 0 aliphatic carbocycles. The highest BCUT2D eigenvalue weighted by molar-refractivity contribution is 5.99. The van der Waals surface area contributed by atoms with Crippen LogP contribution in [-0.2, 0) is 4.79 Å². The number of carbonyl (C=O) groups excluding carboxylic acids is 2. The molecule has 0 aliphatic heterocycles. The number of benzene rings is 2. The van der Waals surface area contributed by atoms with E-state index in [1.165, 1.54) is 18.1 Å². The number of likely N-dealkylation sites (N-methyl/N-ethyl adjacent to an activating group) is 1. The van der Waals surface area contributed by atoms with Crippen molar-refractivity contribution in [1.29, 1.82) is 0 Å². The van der Waals surface area contributed by atoms with Crippen molar-refractivity contribution in [3.05, 3.63) is 59.7 Å². The van der Waals surface area contributed by atoms with Crippen LogP contribution >= 0.6 is 0 Å². The fraction of sp³-hybridized carbons (Fsp3) is 0.222. The first kappa shape index (κ1) is 18.4. The highest BCUT2D eigenvalue weighted by Crippen LogP contribution is 2.17. The predicted molar refractivity (Wildman–Crippen MR) is 89.6 cm³/mol. The molecule has 0 radical (unpaired) electrons. The minimum Gasteiger partial charge on any atom is -0.497 e. The van der Waals surface area contributed by atoms with E-state index in [4.69, 9.17) is 4.74 Å². The third kappa shape index (κ3) is 4.76. The van der Waals surface area contributed by atoms with Crippen LogP contribution in [0, 0.1) is 11.6 Å². The lowest BCUT2D eigenvalue weighted by atomic mass is 10.2. The molecule has 132 valence electrons. The second kappa shape index (κ2) is 8.23. The summed E-state index contributed by atoms with van der Waals surface area (Å²) in [6.07, 6.45) is 0. The minimum atomic E-state index is -1.11. The average Bonchev–Trinajstić information content (AvgIpc) is 2.61. The third-order valence-corrected chi connectivity index (χ3v) is 3.52. The highest BCUT2D eigenvalue weighted by Gasteiger charge is 2.19. The number of ether oxygens (including phenoxy) is 1. The van der Waals surface area contributed by atoms with Gasteiger partial charge in [0.25, 0.3) is 5.91 Å². The van der Waals surface area contributed by atoms with Gasteiger partial charge in [0.05, 0.1) is 7.11 Å². The molecule has 0 atom stereocenters. The summed E-state index contributed by atoms with van der Waals surface area (Å²) in [6.45, 7) is 1.71. The van der Waals surface area contributed by atoms with Crippen LogP contribution in [0.15, 0.2) is 42.5 Å². The number of rotatable bonds is 6. The van der Waals surface area contributed by atoms with Gasteiger partial charge in [0, 0.05) is 23.9 Å². The number of halogens is 2. The summed E-state index contributed by atoms with van der Waals surface area (Å²) in [5, 5.41) is 2.66. The van der Waals surface area contributed by atoms with Crippen molar-refractivity contribution in [1.82, 2.24) is 4.90 Å². The van der Waals surface area contributed by atoms with Crippen LogP contribution in [-0.4, -0.2) is 36.9 Å². The smallest absolute Gasteiger partial charge is 0.254 e. The molecule has 0 aliphatic rings. The van der Waals surface area contributed by atoms with Gasteiger partial charge in [0.15, 0.2) is 11.6 Å². The zero-order valence-corrected chi connectivity index (χ0v) is 13.9. The number of carbonyl (C=O) groups is 2. The molecule has 0 saturated carbocycles. The van der Waals surface area contributed by atoms with Crippen LogP contribution in [0.5, 0.6) is 5.75 Å². The Kier molecular flexibility index (Phi) is 6.05. The second-order valence-corrected chi connectivity index (χ2v) is 5.23. The summed E-state index contributed by atoms with van der Waals surface area (Å²) >= 11 is 0. The Bertz CT molecular complexity index is 781. The fourth-order valence-corrected chi connectivity index (χ4v) is 2.21. The van der Waals surface area contributed by atoms with Gasteiger partial charge in [-0.3, -0.25) is 9.59 Å². The van der Waals surface area contributed by atoms with Gasteiger partial charge < -0.3 is 15.0 Å². The first-order valence-electron chi connectivity index (χ1n) is 7.62. The summed E-state index contributed by atoms with van der Waals surface area (Å²) in [5.41, 5.74) is 0.510. The first-order chi connectivity index (χ1) is 11.9. The lowest BCUT2D eigenvalue weighted by molar-refractivity contribution is -0.116. The zero-order chi connectivity index (χ0) is 18.4. The van der Waals surface area contributed by atoms with Gasteiger partial charge >= 0.3 is 0 Å². The molecule has 2 aromatic carbocycles. The molecule has 2 aromatic rings. The fourth-order valence-electron chi connectivity index (χ4n) is 2.21. The van der Waals surface area contributed by atoms with E-state index in [2.05, 4.69) is 5.32 Å². The SMILES string of the molecule is CCN(CC(=O)Nc1cccc(OC)c1)C(=O)c1ccc(F)c(F)c1. The maximum atomic E-state index is 13.3. The maximum Gasteiger partial charge on any atom is 0.254 e. The average molecular weight is 348 g/mol. The summed E-state index contributed by atoms with van der Waals surface area (Å²) in [4.78, 5) is 25.8. The van der Waals surface area contributed by atoms with E-state index in [1.54, 1.807) is 31.2 Å². The molecule has 0 aromatic heterocycles. The second-order valence-electron chi connectivity index (χ2n) is 5.23. The number of nitrogens with one attached hydrogen (secondary N) is 1. The molecule has 0 unspecified atom stereocenters. The largest absolute Gasteiger partial charge is 0.497 e.